The van der Waals surface area contributed by atoms with Crippen LogP contribution in [0.3, 0.4) is 0 Å². The molecule has 0 aliphatic carbocycles. The number of nitrogens with one attached hydrogen (secondary N) is 2. The quantitative estimate of drug-likeness (QED) is 0.0497. The maximum absolute atomic E-state index is 13.9. The van der Waals surface area contributed by atoms with Crippen molar-refractivity contribution in [2.75, 3.05) is 91.8 Å². The van der Waals surface area contributed by atoms with E-state index in [1.54, 1.807) is 49.8 Å². The highest BCUT2D eigenvalue weighted by Crippen LogP contribution is 2.40. The summed E-state index contributed by atoms with van der Waals surface area (Å²) in [5.41, 5.74) is 4.08. The van der Waals surface area contributed by atoms with Crippen LogP contribution in [0, 0.1) is 37.7 Å². The summed E-state index contributed by atoms with van der Waals surface area (Å²) in [5.74, 6) is -0.923. The van der Waals surface area contributed by atoms with Gasteiger partial charge >= 0.3 is 5.69 Å². The number of para-hydroxylation sites is 2. The Kier molecular flexibility index (Phi) is 20.4. The van der Waals surface area contributed by atoms with Crippen LogP contribution in [-0.4, -0.2) is 116 Å². The van der Waals surface area contributed by atoms with E-state index in [9.17, 15) is 37.8 Å². The summed E-state index contributed by atoms with van der Waals surface area (Å²) in [5, 5.41) is 30.4. The maximum Gasteiger partial charge on any atom is 0.307 e. The fourth-order valence-electron chi connectivity index (χ4n) is 7.42. The molecule has 0 atom stereocenters. The van der Waals surface area contributed by atoms with Crippen LogP contribution in [0.5, 0.6) is 11.5 Å². The third-order valence-corrected chi connectivity index (χ3v) is 11.2. The number of anilines is 5. The van der Waals surface area contributed by atoms with Gasteiger partial charge in [0, 0.05) is 78.7 Å². The number of rotatable bonds is 17. The van der Waals surface area contributed by atoms with Gasteiger partial charge in [0.15, 0.2) is 0 Å². The zero-order chi connectivity index (χ0) is 55.5. The predicted octanol–water partition coefficient (Wildman–Crippen LogP) is 12.3. The molecule has 17 nitrogen and oxygen atoms in total. The Hall–Kier alpha value is -8.56. The SMILES string of the molecule is CCCCN(C)C.COc1cc(F)c([N+](=O)[O-])cc1Nc1ncc2cccc(-c3cccc(F)c3)c2n1.COc1cc(N(C)CCN(C)C)c([N+](=O)[O-])cc1Nc1ncc2cccc(-c3cccc(F)c3)c2n1.[2H]CF. The lowest BCUT2D eigenvalue weighted by atomic mass is 10.0. The van der Waals surface area contributed by atoms with Crippen LogP contribution in [0.1, 0.15) is 21.1 Å². The van der Waals surface area contributed by atoms with E-state index in [1.807, 2.05) is 60.3 Å². The summed E-state index contributed by atoms with van der Waals surface area (Å²) < 4.78 is 67.6. The van der Waals surface area contributed by atoms with E-state index in [-0.39, 0.29) is 40.7 Å². The Labute approximate surface area is 433 Å². The number of hydrogen-bond donors (Lipinski definition) is 2. The number of aromatic nitrogens is 4. The normalized spacial score (nSPS) is 10.8. The van der Waals surface area contributed by atoms with Crippen LogP contribution in [0.25, 0.3) is 44.1 Å². The second kappa shape index (κ2) is 27.5. The van der Waals surface area contributed by atoms with Crippen molar-refractivity contribution in [1.29, 1.82) is 0 Å². The molecule has 2 heterocycles. The molecular weight excluding hydrogens is 975 g/mol. The maximum atomic E-state index is 13.9. The Bertz CT molecular complexity index is 3250. The molecule has 2 N–H and O–H groups in total. The van der Waals surface area contributed by atoms with Crippen LogP contribution in [0.15, 0.2) is 122 Å². The van der Waals surface area contributed by atoms with E-state index >= 15 is 0 Å². The van der Waals surface area contributed by atoms with Crippen molar-refractivity contribution in [3.05, 3.63) is 159 Å². The van der Waals surface area contributed by atoms with Gasteiger partial charge in [0.05, 0.1) is 55.0 Å². The third kappa shape index (κ3) is 15.5. The van der Waals surface area contributed by atoms with Crippen molar-refractivity contribution in [1.82, 2.24) is 29.7 Å². The van der Waals surface area contributed by atoms with Gasteiger partial charge in [0.25, 0.3) is 5.69 Å². The highest BCUT2D eigenvalue weighted by atomic mass is 19.1. The Balaban J connectivity index is 0.000000241. The van der Waals surface area contributed by atoms with Gasteiger partial charge < -0.3 is 34.8 Å². The molecule has 0 saturated carbocycles. The van der Waals surface area contributed by atoms with Crippen molar-refractivity contribution in [2.24, 2.45) is 0 Å². The van der Waals surface area contributed by atoms with E-state index in [4.69, 9.17) is 10.8 Å². The number of halogens is 4. The molecule has 0 aliphatic rings. The predicted molar refractivity (Wildman–Crippen MR) is 288 cm³/mol. The highest BCUT2D eigenvalue weighted by molar-refractivity contribution is 5.95. The summed E-state index contributed by atoms with van der Waals surface area (Å²) >= 11 is 0. The number of hydrogen-bond acceptors (Lipinski definition) is 15. The van der Waals surface area contributed by atoms with Crippen LogP contribution in [0.4, 0.5) is 57.9 Å². The average Bonchev–Trinajstić information content (AvgIpc) is 3.39. The minimum atomic E-state index is -1.02. The molecule has 0 fully saturated rings. The fraction of sp³-hybridized carbons (Fsp3) is 0.259. The lowest BCUT2D eigenvalue weighted by Gasteiger charge is -2.22. The molecule has 8 rings (SSSR count). The van der Waals surface area contributed by atoms with Crippen molar-refractivity contribution >= 4 is 62.1 Å². The van der Waals surface area contributed by atoms with E-state index < -0.39 is 28.5 Å². The van der Waals surface area contributed by atoms with Gasteiger partial charge in [-0.15, -0.1) is 0 Å². The standard InChI is InChI=1S/C26H27FN6O3.C21H14F2N4O3.C6H15N.CH3F/c1-31(2)11-12-32(3)22-15-24(36-4)21(14-23(22)33(34)35)29-26-28-16-18-8-6-10-20(25(18)30-26)17-7-5-9-19(27)13-17;1-30-19-9-16(23)18(27(28)29)10-17(19)25-21-24-11-13-5-3-7-15(20(13)26-21)12-4-2-6-14(22)8-12;1-4-5-6-7(2)3;1-2/h5-10,13-16H,11-12H2,1-4H3,(H,28,29,30);2-11H,1H3,(H,24,25,26);4-6H2,1-3H3;1H3/i;;;1D. The first kappa shape index (κ1) is 55.7. The van der Waals surface area contributed by atoms with Gasteiger partial charge in [-0.1, -0.05) is 74.0 Å². The molecule has 0 saturated heterocycles. The molecule has 394 valence electrons. The number of likely N-dealkylation sites (N-methyl/N-ethyl adjacent to an activating group) is 2. The second-order valence-electron chi connectivity index (χ2n) is 17.1. The number of nitrogens with zero attached hydrogens (tertiary/aromatic N) is 9. The van der Waals surface area contributed by atoms with Gasteiger partial charge in [-0.3, -0.25) is 24.6 Å². The summed E-state index contributed by atoms with van der Waals surface area (Å²) in [4.78, 5) is 45.5. The molecule has 75 heavy (non-hydrogen) atoms. The second-order valence-corrected chi connectivity index (χ2v) is 17.1. The fourth-order valence-corrected chi connectivity index (χ4v) is 7.42. The van der Waals surface area contributed by atoms with E-state index in [0.717, 1.165) is 35.0 Å². The number of nitro benzene ring substituents is 2. The molecule has 8 aromatic rings. The number of alkyl halides is 1. The van der Waals surface area contributed by atoms with Gasteiger partial charge in [-0.2, -0.15) is 4.39 Å². The smallest absolute Gasteiger partial charge is 0.307 e. The van der Waals surface area contributed by atoms with E-state index in [0.29, 0.717) is 51.4 Å². The van der Waals surface area contributed by atoms with Crippen molar-refractivity contribution in [2.45, 2.75) is 19.8 Å². The first-order valence-corrected chi connectivity index (χ1v) is 23.2. The summed E-state index contributed by atoms with van der Waals surface area (Å²) in [6.07, 6.45) is 5.85. The van der Waals surface area contributed by atoms with Crippen LogP contribution >= 0.6 is 0 Å². The van der Waals surface area contributed by atoms with Gasteiger partial charge in [0.1, 0.15) is 28.8 Å². The molecule has 2 aromatic heterocycles. The molecule has 0 unspecified atom stereocenters. The Morgan fingerprint density at radius 1 is 0.627 bits per heavy atom. The zero-order valence-corrected chi connectivity index (χ0v) is 42.8. The monoisotopic (exact) mass is 1030 g/mol. The molecule has 0 aliphatic heterocycles. The van der Waals surface area contributed by atoms with Crippen molar-refractivity contribution in [3.8, 4) is 33.8 Å². The number of fused-ring (bicyclic) bond motifs is 2. The molecular formula is C54H59F4N11O6. The number of methoxy groups -OCH3 is 2. The minimum Gasteiger partial charge on any atom is -0.494 e. The Morgan fingerprint density at radius 2 is 1.08 bits per heavy atom. The topological polar surface area (TPSA) is 190 Å². The largest absolute Gasteiger partial charge is 0.494 e. The highest BCUT2D eigenvalue weighted by Gasteiger charge is 2.23. The number of ether oxygens (including phenoxy) is 2. The number of unbranched alkanes of at least 4 members (excludes halogenated alkanes) is 1. The van der Waals surface area contributed by atoms with Gasteiger partial charge in [-0.05, 0) is 76.5 Å². The summed E-state index contributed by atoms with van der Waals surface area (Å²) in [6.45, 7) is 4.77. The van der Waals surface area contributed by atoms with Gasteiger partial charge in [0.2, 0.25) is 17.7 Å². The third-order valence-electron chi connectivity index (χ3n) is 11.2. The summed E-state index contributed by atoms with van der Waals surface area (Å²) in [7, 11) is 11.7. The number of benzene rings is 6. The molecule has 6 aromatic carbocycles. The molecule has 0 radical (unpaired) electrons. The molecule has 0 amide bonds. The van der Waals surface area contributed by atoms with E-state index in [2.05, 4.69) is 56.5 Å². The molecule has 0 spiro atoms. The molecule has 0 bridgehead atoms. The van der Waals surface area contributed by atoms with Crippen molar-refractivity contribution < 1.29 is 38.3 Å². The zero-order valence-electron chi connectivity index (χ0n) is 43.8. The van der Waals surface area contributed by atoms with Gasteiger partial charge in [-0.25, -0.2) is 28.7 Å². The van der Waals surface area contributed by atoms with Crippen molar-refractivity contribution in [3.63, 3.8) is 0 Å². The average molecular weight is 1040 g/mol. The first-order valence-electron chi connectivity index (χ1n) is 23.9. The van der Waals surface area contributed by atoms with Crippen LogP contribution in [0.2, 0.25) is 0 Å². The van der Waals surface area contributed by atoms with E-state index in [1.165, 1.54) is 63.9 Å². The molecule has 21 heteroatoms. The van der Waals surface area contributed by atoms with Crippen LogP contribution < -0.4 is 25.0 Å². The Morgan fingerprint density at radius 3 is 1.49 bits per heavy atom. The first-order chi connectivity index (χ1) is 36.4. The lowest BCUT2D eigenvalue weighted by Crippen LogP contribution is -2.28. The number of nitro groups is 2. The lowest BCUT2D eigenvalue weighted by molar-refractivity contribution is -0.387. The summed E-state index contributed by atoms with van der Waals surface area (Å²) in [6, 6.07) is 28.4. The van der Waals surface area contributed by atoms with Crippen LogP contribution in [-0.2, 0) is 0 Å². The minimum absolute atomic E-state index is 0.0558.